The van der Waals surface area contributed by atoms with Crippen molar-refractivity contribution in [2.45, 2.75) is 45.4 Å². The zero-order chi connectivity index (χ0) is 13.9. The molecule has 20 heavy (non-hydrogen) atoms. The molecule has 2 aromatic rings. The summed E-state index contributed by atoms with van der Waals surface area (Å²) in [6.45, 7) is 1.86. The van der Waals surface area contributed by atoms with E-state index in [2.05, 4.69) is 15.5 Å². The maximum atomic E-state index is 12.0. The standard InChI is InChI=1S/C15H19N3O2/c1-10-13-8-12(9-16-15(13)20-18-10)17-14(19)7-6-11-4-2-3-5-11/h8-9,11H,2-7H2,1H3,(H,17,19). The molecule has 0 unspecified atom stereocenters. The molecule has 5 nitrogen and oxygen atoms in total. The Kier molecular flexibility index (Phi) is 3.67. The van der Waals surface area contributed by atoms with Crippen molar-refractivity contribution in [3.8, 4) is 0 Å². The summed E-state index contributed by atoms with van der Waals surface area (Å²) in [5.74, 6) is 0.800. The SMILES string of the molecule is Cc1noc2ncc(NC(=O)CCC3CCCC3)cc12. The molecule has 2 aromatic heterocycles. The second-order valence-electron chi connectivity index (χ2n) is 5.58. The Morgan fingerprint density at radius 1 is 1.45 bits per heavy atom. The number of rotatable bonds is 4. The van der Waals surface area contributed by atoms with Crippen molar-refractivity contribution in [1.29, 1.82) is 0 Å². The zero-order valence-corrected chi connectivity index (χ0v) is 11.7. The van der Waals surface area contributed by atoms with Gasteiger partial charge in [0.2, 0.25) is 5.91 Å². The molecule has 1 fully saturated rings. The van der Waals surface area contributed by atoms with E-state index in [0.29, 0.717) is 17.8 Å². The van der Waals surface area contributed by atoms with Gasteiger partial charge in [-0.05, 0) is 25.3 Å². The first kappa shape index (κ1) is 13.1. The smallest absolute Gasteiger partial charge is 0.258 e. The predicted molar refractivity (Wildman–Crippen MR) is 76.4 cm³/mol. The summed E-state index contributed by atoms with van der Waals surface area (Å²) in [6.07, 6.45) is 8.39. The quantitative estimate of drug-likeness (QED) is 0.926. The molecule has 2 heterocycles. The maximum Gasteiger partial charge on any atom is 0.258 e. The van der Waals surface area contributed by atoms with Crippen molar-refractivity contribution in [2.24, 2.45) is 5.92 Å². The highest BCUT2D eigenvalue weighted by atomic mass is 16.5. The van der Waals surface area contributed by atoms with E-state index in [9.17, 15) is 4.79 Å². The maximum absolute atomic E-state index is 12.0. The van der Waals surface area contributed by atoms with Gasteiger partial charge in [-0.15, -0.1) is 0 Å². The number of aromatic nitrogens is 2. The molecule has 1 aliphatic carbocycles. The summed E-state index contributed by atoms with van der Waals surface area (Å²) in [5.41, 5.74) is 2.00. The Balaban J connectivity index is 1.60. The van der Waals surface area contributed by atoms with Crippen molar-refractivity contribution in [2.75, 3.05) is 5.32 Å². The summed E-state index contributed by atoms with van der Waals surface area (Å²) in [7, 11) is 0. The molecule has 0 atom stereocenters. The summed E-state index contributed by atoms with van der Waals surface area (Å²) in [4.78, 5) is 16.1. The minimum absolute atomic E-state index is 0.0622. The molecule has 5 heteroatoms. The molecule has 1 saturated carbocycles. The van der Waals surface area contributed by atoms with Gasteiger partial charge in [0.15, 0.2) is 0 Å². The van der Waals surface area contributed by atoms with Gasteiger partial charge in [0.25, 0.3) is 5.71 Å². The van der Waals surface area contributed by atoms with Gasteiger partial charge < -0.3 is 9.84 Å². The molecule has 3 rings (SSSR count). The van der Waals surface area contributed by atoms with Gasteiger partial charge in [-0.2, -0.15) is 0 Å². The highest BCUT2D eigenvalue weighted by Crippen LogP contribution is 2.28. The van der Waals surface area contributed by atoms with Gasteiger partial charge in [-0.3, -0.25) is 4.79 Å². The highest BCUT2D eigenvalue weighted by molar-refractivity contribution is 5.92. The molecule has 0 bridgehead atoms. The minimum atomic E-state index is 0.0622. The summed E-state index contributed by atoms with van der Waals surface area (Å²) >= 11 is 0. The lowest BCUT2D eigenvalue weighted by Crippen LogP contribution is -2.12. The van der Waals surface area contributed by atoms with Gasteiger partial charge in [0, 0.05) is 6.42 Å². The topological polar surface area (TPSA) is 68.0 Å². The minimum Gasteiger partial charge on any atom is -0.336 e. The van der Waals surface area contributed by atoms with E-state index >= 15 is 0 Å². The molecular weight excluding hydrogens is 254 g/mol. The number of carbonyl (C=O) groups is 1. The molecule has 1 amide bonds. The van der Waals surface area contributed by atoms with Crippen LogP contribution in [0.1, 0.15) is 44.2 Å². The van der Waals surface area contributed by atoms with Gasteiger partial charge in [-0.1, -0.05) is 30.8 Å². The van der Waals surface area contributed by atoms with E-state index in [4.69, 9.17) is 4.52 Å². The van der Waals surface area contributed by atoms with E-state index in [1.54, 1.807) is 6.20 Å². The number of amides is 1. The van der Waals surface area contributed by atoms with Crippen LogP contribution in [-0.4, -0.2) is 16.0 Å². The van der Waals surface area contributed by atoms with Crippen LogP contribution >= 0.6 is 0 Å². The number of pyridine rings is 1. The van der Waals surface area contributed by atoms with Gasteiger partial charge in [0.05, 0.1) is 23.0 Å². The lowest BCUT2D eigenvalue weighted by molar-refractivity contribution is -0.116. The van der Waals surface area contributed by atoms with Crippen molar-refractivity contribution in [3.05, 3.63) is 18.0 Å². The lowest BCUT2D eigenvalue weighted by atomic mass is 10.0. The van der Waals surface area contributed by atoms with E-state index in [0.717, 1.165) is 23.4 Å². The first-order valence-electron chi connectivity index (χ1n) is 7.24. The lowest BCUT2D eigenvalue weighted by Gasteiger charge is -2.08. The Labute approximate surface area is 117 Å². The average molecular weight is 273 g/mol. The first-order valence-corrected chi connectivity index (χ1v) is 7.24. The first-order chi connectivity index (χ1) is 9.72. The second-order valence-corrected chi connectivity index (χ2v) is 5.58. The summed E-state index contributed by atoms with van der Waals surface area (Å²) in [6, 6.07) is 1.86. The molecule has 0 saturated heterocycles. The fourth-order valence-corrected chi connectivity index (χ4v) is 2.87. The van der Waals surface area contributed by atoms with Crippen LogP contribution in [0.3, 0.4) is 0 Å². The van der Waals surface area contributed by atoms with E-state index < -0.39 is 0 Å². The fourth-order valence-electron chi connectivity index (χ4n) is 2.87. The molecule has 106 valence electrons. The van der Waals surface area contributed by atoms with Crippen molar-refractivity contribution in [3.63, 3.8) is 0 Å². The third-order valence-electron chi connectivity index (χ3n) is 4.05. The summed E-state index contributed by atoms with van der Waals surface area (Å²) < 4.78 is 5.05. The van der Waals surface area contributed by atoms with Crippen LogP contribution in [0.2, 0.25) is 0 Å². The number of hydrogen-bond donors (Lipinski definition) is 1. The third-order valence-corrected chi connectivity index (χ3v) is 4.05. The van der Waals surface area contributed by atoms with Crippen molar-refractivity contribution >= 4 is 22.7 Å². The molecular formula is C15H19N3O2. The Morgan fingerprint density at radius 2 is 2.25 bits per heavy atom. The van der Waals surface area contributed by atoms with Crippen molar-refractivity contribution in [1.82, 2.24) is 10.1 Å². The van der Waals surface area contributed by atoms with E-state index in [-0.39, 0.29) is 5.91 Å². The number of carbonyl (C=O) groups excluding carboxylic acids is 1. The monoisotopic (exact) mass is 273 g/mol. The van der Waals surface area contributed by atoms with Crippen LogP contribution in [0.25, 0.3) is 11.1 Å². The molecule has 1 N–H and O–H groups in total. The van der Waals surface area contributed by atoms with Crippen LogP contribution in [-0.2, 0) is 4.79 Å². The predicted octanol–water partition coefficient (Wildman–Crippen LogP) is 3.44. The fraction of sp³-hybridized carbons (Fsp3) is 0.533. The molecule has 0 spiro atoms. The van der Waals surface area contributed by atoms with Gasteiger partial charge in [0.1, 0.15) is 0 Å². The van der Waals surface area contributed by atoms with Crippen LogP contribution < -0.4 is 5.32 Å². The van der Waals surface area contributed by atoms with Crippen LogP contribution in [0.5, 0.6) is 0 Å². The van der Waals surface area contributed by atoms with Crippen LogP contribution in [0.15, 0.2) is 16.8 Å². The number of nitrogens with zero attached hydrogens (tertiary/aromatic N) is 2. The normalized spacial score (nSPS) is 15.8. The third kappa shape index (κ3) is 2.81. The number of aryl methyl sites for hydroxylation is 1. The van der Waals surface area contributed by atoms with Crippen LogP contribution in [0.4, 0.5) is 5.69 Å². The number of nitrogens with one attached hydrogen (secondary N) is 1. The largest absolute Gasteiger partial charge is 0.336 e. The molecule has 0 radical (unpaired) electrons. The summed E-state index contributed by atoms with van der Waals surface area (Å²) in [5, 5.41) is 7.60. The van der Waals surface area contributed by atoms with E-state index in [1.807, 2.05) is 13.0 Å². The molecule has 1 aliphatic rings. The number of anilines is 1. The van der Waals surface area contributed by atoms with Gasteiger partial charge >= 0.3 is 0 Å². The zero-order valence-electron chi connectivity index (χ0n) is 11.7. The second kappa shape index (κ2) is 5.61. The van der Waals surface area contributed by atoms with Crippen molar-refractivity contribution < 1.29 is 9.32 Å². The molecule has 0 aliphatic heterocycles. The highest BCUT2D eigenvalue weighted by Gasteiger charge is 2.16. The Hall–Kier alpha value is -1.91. The Bertz CT molecular complexity index is 615. The average Bonchev–Trinajstić information content (AvgIpc) is 3.07. The van der Waals surface area contributed by atoms with Gasteiger partial charge in [-0.25, -0.2) is 4.98 Å². The number of hydrogen-bond acceptors (Lipinski definition) is 4. The molecule has 0 aromatic carbocycles. The Morgan fingerprint density at radius 3 is 3.05 bits per heavy atom. The van der Waals surface area contributed by atoms with Crippen LogP contribution in [0, 0.1) is 12.8 Å². The number of fused-ring (bicyclic) bond motifs is 1. The van der Waals surface area contributed by atoms with E-state index in [1.165, 1.54) is 25.7 Å².